The second-order valence-electron chi connectivity index (χ2n) is 6.88. The van der Waals surface area contributed by atoms with E-state index < -0.39 is 11.6 Å². The Morgan fingerprint density at radius 1 is 1.42 bits per heavy atom. The van der Waals surface area contributed by atoms with Crippen LogP contribution in [-0.2, 0) is 4.79 Å². The van der Waals surface area contributed by atoms with E-state index in [1.807, 2.05) is 0 Å². The van der Waals surface area contributed by atoms with Crippen LogP contribution >= 0.6 is 0 Å². The predicted octanol–water partition coefficient (Wildman–Crippen LogP) is 1.52. The lowest BCUT2D eigenvalue weighted by atomic mass is 9.79. The van der Waals surface area contributed by atoms with Crippen LogP contribution in [-0.4, -0.2) is 56.6 Å². The number of likely N-dealkylation sites (tertiary alicyclic amines) is 1. The molecule has 142 valence electrons. The molecule has 0 aromatic heterocycles. The number of benzene rings is 1. The number of halogens is 2. The van der Waals surface area contributed by atoms with Crippen LogP contribution in [0.15, 0.2) is 23.2 Å². The topological polar surface area (TPSA) is 66.0 Å². The molecule has 2 heterocycles. The summed E-state index contributed by atoms with van der Waals surface area (Å²) in [7, 11) is 1.72. The van der Waals surface area contributed by atoms with E-state index in [-0.39, 0.29) is 17.1 Å². The highest BCUT2D eigenvalue weighted by atomic mass is 19.2. The van der Waals surface area contributed by atoms with Gasteiger partial charge in [-0.15, -0.1) is 0 Å². The van der Waals surface area contributed by atoms with E-state index in [4.69, 9.17) is 4.74 Å². The summed E-state index contributed by atoms with van der Waals surface area (Å²) in [4.78, 5) is 18.1. The minimum absolute atomic E-state index is 0.00487. The van der Waals surface area contributed by atoms with E-state index >= 15 is 0 Å². The van der Waals surface area contributed by atoms with Crippen LogP contribution in [0.25, 0.3) is 0 Å². The number of piperidine rings is 1. The summed E-state index contributed by atoms with van der Waals surface area (Å²) in [5.74, 6) is -0.653. The number of nitrogens with zero attached hydrogens (tertiary/aromatic N) is 2. The van der Waals surface area contributed by atoms with Crippen molar-refractivity contribution in [1.82, 2.24) is 15.5 Å². The number of guanidine groups is 1. The Balaban J connectivity index is 1.48. The third-order valence-electron chi connectivity index (χ3n) is 4.91. The van der Waals surface area contributed by atoms with E-state index in [2.05, 4.69) is 20.5 Å². The molecule has 3 rings (SSSR count). The second kappa shape index (κ2) is 7.88. The molecule has 2 aliphatic rings. The summed E-state index contributed by atoms with van der Waals surface area (Å²) >= 11 is 0. The van der Waals surface area contributed by atoms with Gasteiger partial charge >= 0.3 is 0 Å². The molecule has 0 aliphatic carbocycles. The fourth-order valence-electron chi connectivity index (χ4n) is 3.66. The van der Waals surface area contributed by atoms with Crippen molar-refractivity contribution in [2.45, 2.75) is 19.3 Å². The van der Waals surface area contributed by atoms with Crippen LogP contribution in [0.2, 0.25) is 0 Å². The molecule has 2 aliphatic heterocycles. The van der Waals surface area contributed by atoms with E-state index in [1.165, 1.54) is 6.07 Å². The lowest BCUT2D eigenvalue weighted by molar-refractivity contribution is -0.119. The molecule has 2 saturated heterocycles. The molecule has 1 atom stereocenters. The smallest absolute Gasteiger partial charge is 0.220 e. The van der Waals surface area contributed by atoms with Crippen LogP contribution < -0.4 is 15.4 Å². The molecule has 2 N–H and O–H groups in total. The van der Waals surface area contributed by atoms with Crippen LogP contribution in [0.5, 0.6) is 5.75 Å². The van der Waals surface area contributed by atoms with Gasteiger partial charge in [-0.3, -0.25) is 9.79 Å². The molecular formula is C18H24F2N4O2. The van der Waals surface area contributed by atoms with Crippen LogP contribution in [0.3, 0.4) is 0 Å². The zero-order valence-corrected chi connectivity index (χ0v) is 14.9. The third kappa shape index (κ3) is 4.23. The molecule has 0 radical (unpaired) electrons. The Kier molecular flexibility index (Phi) is 5.58. The fraction of sp³-hybridized carbons (Fsp3) is 0.556. The number of hydrogen-bond acceptors (Lipinski definition) is 3. The van der Waals surface area contributed by atoms with E-state index in [1.54, 1.807) is 7.05 Å². The average molecular weight is 366 g/mol. The zero-order valence-electron chi connectivity index (χ0n) is 14.9. The van der Waals surface area contributed by atoms with Gasteiger partial charge < -0.3 is 20.3 Å². The predicted molar refractivity (Wildman–Crippen MR) is 94.1 cm³/mol. The number of carbonyl (C=O) groups excluding carboxylic acids is 1. The summed E-state index contributed by atoms with van der Waals surface area (Å²) in [6.45, 7) is 3.17. The van der Waals surface area contributed by atoms with Crippen molar-refractivity contribution in [3.8, 4) is 5.75 Å². The molecule has 6 nitrogen and oxygen atoms in total. The van der Waals surface area contributed by atoms with Gasteiger partial charge in [0.1, 0.15) is 12.4 Å². The van der Waals surface area contributed by atoms with Gasteiger partial charge in [0.25, 0.3) is 0 Å². The Bertz CT molecular complexity index is 698. The lowest BCUT2D eigenvalue weighted by Crippen LogP contribution is -2.51. The Morgan fingerprint density at radius 2 is 2.27 bits per heavy atom. The number of rotatable bonds is 4. The SMILES string of the molecule is CN=C(NCCOc1ccc(F)c(F)c1)N1CCCC2(CNC(=O)C2)C1. The molecule has 1 aromatic rings. The first-order valence-corrected chi connectivity index (χ1v) is 8.81. The van der Waals surface area contributed by atoms with Crippen LogP contribution in [0.1, 0.15) is 19.3 Å². The maximum Gasteiger partial charge on any atom is 0.220 e. The number of ether oxygens (including phenoxy) is 1. The van der Waals surface area contributed by atoms with E-state index in [9.17, 15) is 13.6 Å². The number of aliphatic imine (C=N–C) groups is 1. The van der Waals surface area contributed by atoms with Crippen molar-refractivity contribution in [2.24, 2.45) is 10.4 Å². The first-order chi connectivity index (χ1) is 12.5. The van der Waals surface area contributed by atoms with E-state index in [0.717, 1.165) is 50.6 Å². The van der Waals surface area contributed by atoms with Crippen LogP contribution in [0.4, 0.5) is 8.78 Å². The molecule has 1 spiro atoms. The monoisotopic (exact) mass is 366 g/mol. The third-order valence-corrected chi connectivity index (χ3v) is 4.91. The van der Waals surface area contributed by atoms with Gasteiger partial charge in [0.05, 0.1) is 6.54 Å². The van der Waals surface area contributed by atoms with Crippen molar-refractivity contribution >= 4 is 11.9 Å². The second-order valence-corrected chi connectivity index (χ2v) is 6.88. The van der Waals surface area contributed by atoms with Gasteiger partial charge in [-0.1, -0.05) is 0 Å². The lowest BCUT2D eigenvalue weighted by Gasteiger charge is -2.40. The molecule has 8 heteroatoms. The first-order valence-electron chi connectivity index (χ1n) is 8.81. The quantitative estimate of drug-likeness (QED) is 0.482. The highest BCUT2D eigenvalue weighted by Gasteiger charge is 2.42. The normalized spacial score (nSPS) is 23.3. The minimum atomic E-state index is -0.926. The number of amides is 1. The summed E-state index contributed by atoms with van der Waals surface area (Å²) in [5.41, 5.74) is -0.00487. The summed E-state index contributed by atoms with van der Waals surface area (Å²) in [6, 6.07) is 3.47. The van der Waals surface area contributed by atoms with Crippen molar-refractivity contribution in [2.75, 3.05) is 39.8 Å². The van der Waals surface area contributed by atoms with Gasteiger partial charge in [-0.05, 0) is 25.0 Å². The van der Waals surface area contributed by atoms with Crippen molar-refractivity contribution < 1.29 is 18.3 Å². The Labute approximate surface area is 151 Å². The molecule has 1 unspecified atom stereocenters. The fourth-order valence-corrected chi connectivity index (χ4v) is 3.66. The molecule has 0 saturated carbocycles. The van der Waals surface area contributed by atoms with Gasteiger partial charge in [-0.2, -0.15) is 0 Å². The first kappa shape index (κ1) is 18.4. The number of hydrogen-bond donors (Lipinski definition) is 2. The highest BCUT2D eigenvalue weighted by molar-refractivity contribution is 5.81. The van der Waals surface area contributed by atoms with Gasteiger partial charge in [-0.25, -0.2) is 8.78 Å². The molecule has 1 aromatic carbocycles. The van der Waals surface area contributed by atoms with E-state index in [0.29, 0.717) is 19.6 Å². The molecule has 1 amide bonds. The molecule has 2 fully saturated rings. The molecule has 26 heavy (non-hydrogen) atoms. The maximum atomic E-state index is 13.2. The Hall–Kier alpha value is -2.38. The number of carbonyl (C=O) groups is 1. The zero-order chi connectivity index (χ0) is 18.6. The molecular weight excluding hydrogens is 342 g/mol. The molecule has 0 bridgehead atoms. The number of nitrogens with one attached hydrogen (secondary N) is 2. The minimum Gasteiger partial charge on any atom is -0.492 e. The Morgan fingerprint density at radius 3 is 2.96 bits per heavy atom. The summed E-state index contributed by atoms with van der Waals surface area (Å²) in [6.07, 6.45) is 2.62. The standard InChI is InChI=1S/C18H24F2N4O2/c1-21-17(22-6-8-26-13-3-4-14(19)15(20)9-13)24-7-2-5-18(12-24)10-16(25)23-11-18/h3-4,9H,2,5-8,10-12H2,1H3,(H,21,22)(H,23,25). The summed E-state index contributed by atoms with van der Waals surface area (Å²) in [5, 5.41) is 6.16. The van der Waals surface area contributed by atoms with Gasteiger partial charge in [0, 0.05) is 44.6 Å². The van der Waals surface area contributed by atoms with Gasteiger partial charge in [0.15, 0.2) is 17.6 Å². The van der Waals surface area contributed by atoms with Crippen molar-refractivity contribution in [3.05, 3.63) is 29.8 Å². The average Bonchev–Trinajstić information content (AvgIpc) is 2.98. The van der Waals surface area contributed by atoms with Crippen molar-refractivity contribution in [3.63, 3.8) is 0 Å². The van der Waals surface area contributed by atoms with Gasteiger partial charge in [0.2, 0.25) is 5.91 Å². The van der Waals surface area contributed by atoms with Crippen LogP contribution in [0, 0.1) is 17.0 Å². The highest BCUT2D eigenvalue weighted by Crippen LogP contribution is 2.35. The largest absolute Gasteiger partial charge is 0.492 e. The summed E-state index contributed by atoms with van der Waals surface area (Å²) < 4.78 is 31.5. The maximum absolute atomic E-state index is 13.2. The van der Waals surface area contributed by atoms with Crippen molar-refractivity contribution in [1.29, 1.82) is 0 Å².